The van der Waals surface area contributed by atoms with E-state index in [9.17, 15) is 9.18 Å². The Morgan fingerprint density at radius 3 is 2.79 bits per heavy atom. The summed E-state index contributed by atoms with van der Waals surface area (Å²) in [4.78, 5) is 12.8. The van der Waals surface area contributed by atoms with Gasteiger partial charge in [-0.1, -0.05) is 13.0 Å². The number of rotatable bonds is 7. The van der Waals surface area contributed by atoms with Gasteiger partial charge < -0.3 is 10.1 Å². The first-order valence-electron chi connectivity index (χ1n) is 6.32. The summed E-state index contributed by atoms with van der Waals surface area (Å²) in [6.07, 6.45) is 0. The third kappa shape index (κ3) is 4.84. The van der Waals surface area contributed by atoms with E-state index in [1.165, 1.54) is 23.9 Å². The summed E-state index contributed by atoms with van der Waals surface area (Å²) < 4.78 is 18.2. The normalized spacial score (nSPS) is 13.9. The second-order valence-corrected chi connectivity index (χ2v) is 5.38. The highest BCUT2D eigenvalue weighted by molar-refractivity contribution is 7.99. The summed E-state index contributed by atoms with van der Waals surface area (Å²) in [7, 11) is 0. The summed E-state index contributed by atoms with van der Waals surface area (Å²) >= 11 is 1.43. The van der Waals surface area contributed by atoms with Gasteiger partial charge in [0.1, 0.15) is 11.4 Å². The van der Waals surface area contributed by atoms with Crippen molar-refractivity contribution in [1.29, 1.82) is 0 Å². The fraction of sp³-hybridized carbons (Fsp3) is 0.500. The van der Waals surface area contributed by atoms with Crippen molar-refractivity contribution in [3.63, 3.8) is 0 Å². The lowest BCUT2D eigenvalue weighted by Gasteiger charge is -2.27. The molecule has 0 heterocycles. The lowest BCUT2D eigenvalue weighted by molar-refractivity contribution is -0.149. The fourth-order valence-electron chi connectivity index (χ4n) is 1.65. The number of hydrogen-bond donors (Lipinski definition) is 1. The van der Waals surface area contributed by atoms with Crippen LogP contribution in [-0.4, -0.2) is 30.4 Å². The number of halogens is 1. The molecule has 1 unspecified atom stereocenters. The quantitative estimate of drug-likeness (QED) is 0.617. The highest BCUT2D eigenvalue weighted by Gasteiger charge is 2.33. The van der Waals surface area contributed by atoms with Crippen LogP contribution in [0.25, 0.3) is 0 Å². The van der Waals surface area contributed by atoms with E-state index in [-0.39, 0.29) is 11.8 Å². The average molecular weight is 285 g/mol. The molecular formula is C14H20FNO2S. The van der Waals surface area contributed by atoms with Crippen LogP contribution in [0.2, 0.25) is 0 Å². The lowest BCUT2D eigenvalue weighted by atomic mass is 10.1. The van der Waals surface area contributed by atoms with E-state index in [2.05, 4.69) is 5.32 Å². The Bertz CT molecular complexity index is 428. The topological polar surface area (TPSA) is 38.3 Å². The van der Waals surface area contributed by atoms with Crippen molar-refractivity contribution >= 4 is 17.7 Å². The van der Waals surface area contributed by atoms with Crippen LogP contribution in [0.4, 0.5) is 4.39 Å². The van der Waals surface area contributed by atoms with E-state index < -0.39 is 5.54 Å². The molecule has 0 fully saturated rings. The van der Waals surface area contributed by atoms with Crippen LogP contribution >= 0.6 is 11.8 Å². The van der Waals surface area contributed by atoms with E-state index in [0.29, 0.717) is 18.9 Å². The van der Waals surface area contributed by atoms with Crippen molar-refractivity contribution in [3.8, 4) is 0 Å². The molecule has 1 rings (SSSR count). The highest BCUT2D eigenvalue weighted by Crippen LogP contribution is 2.24. The zero-order valence-electron chi connectivity index (χ0n) is 11.5. The number of carbonyl (C=O) groups excluding carboxylic acids is 1. The van der Waals surface area contributed by atoms with Crippen LogP contribution in [-0.2, 0) is 9.53 Å². The van der Waals surface area contributed by atoms with Gasteiger partial charge >= 0.3 is 5.97 Å². The van der Waals surface area contributed by atoms with E-state index in [1.54, 1.807) is 19.9 Å². The molecule has 0 aliphatic carbocycles. The second kappa shape index (κ2) is 7.50. The summed E-state index contributed by atoms with van der Waals surface area (Å²) in [5.41, 5.74) is -0.762. The maximum atomic E-state index is 13.1. The molecule has 0 bridgehead atoms. The maximum Gasteiger partial charge on any atom is 0.326 e. The van der Waals surface area contributed by atoms with Crippen molar-refractivity contribution in [1.82, 2.24) is 5.32 Å². The molecule has 0 saturated carbocycles. The zero-order valence-corrected chi connectivity index (χ0v) is 12.3. The molecule has 5 heteroatoms. The molecule has 3 nitrogen and oxygen atoms in total. The molecule has 1 N–H and O–H groups in total. The predicted molar refractivity (Wildman–Crippen MR) is 75.8 cm³/mol. The van der Waals surface area contributed by atoms with Crippen LogP contribution in [0.15, 0.2) is 29.2 Å². The summed E-state index contributed by atoms with van der Waals surface area (Å²) in [6, 6.07) is 6.35. The van der Waals surface area contributed by atoms with Crippen LogP contribution in [0.5, 0.6) is 0 Å². The molecule has 106 valence electrons. The number of carbonyl (C=O) groups is 1. The van der Waals surface area contributed by atoms with Gasteiger partial charge in [0.2, 0.25) is 0 Å². The molecule has 0 amide bonds. The number of likely N-dealkylation sites (N-methyl/N-ethyl adjacent to an activating group) is 1. The Kier molecular flexibility index (Phi) is 6.31. The first kappa shape index (κ1) is 16.0. The Labute approximate surface area is 117 Å². The molecule has 0 spiro atoms. The van der Waals surface area contributed by atoms with Crippen LogP contribution in [0.3, 0.4) is 0 Å². The molecule has 19 heavy (non-hydrogen) atoms. The number of benzene rings is 1. The zero-order chi connectivity index (χ0) is 14.3. The predicted octanol–water partition coefficient (Wildman–Crippen LogP) is 2.85. The average Bonchev–Trinajstić information content (AvgIpc) is 2.37. The highest BCUT2D eigenvalue weighted by atomic mass is 32.2. The van der Waals surface area contributed by atoms with E-state index in [1.807, 2.05) is 13.0 Å². The molecule has 1 aromatic carbocycles. The molecule has 1 aromatic rings. The molecule has 0 aliphatic heterocycles. The minimum atomic E-state index is -0.762. The Balaban J connectivity index is 2.70. The minimum absolute atomic E-state index is 0.272. The van der Waals surface area contributed by atoms with Gasteiger partial charge in [0.25, 0.3) is 0 Å². The number of esters is 1. The van der Waals surface area contributed by atoms with Crippen LogP contribution < -0.4 is 5.32 Å². The summed E-state index contributed by atoms with van der Waals surface area (Å²) in [5, 5.41) is 3.14. The molecule has 1 atom stereocenters. The lowest BCUT2D eigenvalue weighted by Crippen LogP contribution is -2.52. The van der Waals surface area contributed by atoms with E-state index in [0.717, 1.165) is 4.90 Å². The number of thioether (sulfide) groups is 1. The van der Waals surface area contributed by atoms with E-state index >= 15 is 0 Å². The number of hydrogen-bond acceptors (Lipinski definition) is 4. The monoisotopic (exact) mass is 285 g/mol. The van der Waals surface area contributed by atoms with Crippen LogP contribution in [0.1, 0.15) is 20.8 Å². The first-order valence-corrected chi connectivity index (χ1v) is 7.31. The molecule has 0 radical (unpaired) electrons. The van der Waals surface area contributed by atoms with Crippen molar-refractivity contribution in [2.24, 2.45) is 0 Å². The van der Waals surface area contributed by atoms with Gasteiger partial charge in [-0.3, -0.25) is 4.79 Å². The SMILES string of the molecule is CCNC(C)(CSc1cccc(F)c1)C(=O)OCC. The number of ether oxygens (including phenoxy) is 1. The summed E-state index contributed by atoms with van der Waals surface area (Å²) in [5.74, 6) is -0.0598. The van der Waals surface area contributed by atoms with Crippen molar-refractivity contribution in [3.05, 3.63) is 30.1 Å². The third-order valence-corrected chi connectivity index (χ3v) is 3.93. The van der Waals surface area contributed by atoms with Crippen molar-refractivity contribution in [2.45, 2.75) is 31.2 Å². The molecule has 0 saturated heterocycles. The van der Waals surface area contributed by atoms with Crippen LogP contribution in [0, 0.1) is 5.82 Å². The van der Waals surface area contributed by atoms with Gasteiger partial charge in [0, 0.05) is 10.6 Å². The fourth-order valence-corrected chi connectivity index (χ4v) is 2.69. The smallest absolute Gasteiger partial charge is 0.326 e. The summed E-state index contributed by atoms with van der Waals surface area (Å²) in [6.45, 7) is 6.54. The first-order chi connectivity index (χ1) is 9.01. The molecule has 0 aromatic heterocycles. The van der Waals surface area contributed by atoms with Gasteiger partial charge in [-0.15, -0.1) is 11.8 Å². The van der Waals surface area contributed by atoms with E-state index in [4.69, 9.17) is 4.74 Å². The van der Waals surface area contributed by atoms with Gasteiger partial charge in [0.05, 0.1) is 6.61 Å². The molecule has 0 aliphatic rings. The number of nitrogens with one attached hydrogen (secondary N) is 1. The third-order valence-electron chi connectivity index (χ3n) is 2.62. The Morgan fingerprint density at radius 1 is 1.47 bits per heavy atom. The molecular weight excluding hydrogens is 265 g/mol. The standard InChI is InChI=1S/C14H20FNO2S/c1-4-16-14(3,13(17)18-5-2)10-19-12-8-6-7-11(15)9-12/h6-9,16H,4-5,10H2,1-3H3. The minimum Gasteiger partial charge on any atom is -0.465 e. The second-order valence-electron chi connectivity index (χ2n) is 4.33. The van der Waals surface area contributed by atoms with Crippen molar-refractivity contribution in [2.75, 3.05) is 18.9 Å². The van der Waals surface area contributed by atoms with Crippen molar-refractivity contribution < 1.29 is 13.9 Å². The Morgan fingerprint density at radius 2 is 2.21 bits per heavy atom. The largest absolute Gasteiger partial charge is 0.465 e. The van der Waals surface area contributed by atoms with Gasteiger partial charge in [0.15, 0.2) is 0 Å². The van der Waals surface area contributed by atoms with Gasteiger partial charge in [-0.05, 0) is 38.6 Å². The maximum absolute atomic E-state index is 13.1. The Hall–Kier alpha value is -1.07. The van der Waals surface area contributed by atoms with Gasteiger partial charge in [-0.2, -0.15) is 0 Å². The van der Waals surface area contributed by atoms with Gasteiger partial charge in [-0.25, -0.2) is 4.39 Å².